The number of carbonyl (C=O) groups is 2. The molecule has 3 rings (SSSR count). The molecule has 0 saturated heterocycles. The van der Waals surface area contributed by atoms with E-state index in [4.69, 9.17) is 4.74 Å². The molecular weight excluding hydrogens is 348 g/mol. The molecule has 0 bridgehead atoms. The van der Waals surface area contributed by atoms with Gasteiger partial charge in [0.1, 0.15) is 0 Å². The van der Waals surface area contributed by atoms with Crippen LogP contribution < -0.4 is 5.32 Å². The number of carbonyl (C=O) groups excluding carboxylic acids is 2. The second-order valence-electron chi connectivity index (χ2n) is 5.81. The van der Waals surface area contributed by atoms with E-state index in [0.717, 1.165) is 16.8 Å². The summed E-state index contributed by atoms with van der Waals surface area (Å²) in [7, 11) is 0. The summed E-state index contributed by atoms with van der Waals surface area (Å²) in [4.78, 5) is 28.8. The highest BCUT2D eigenvalue weighted by atomic mass is 32.1. The molecule has 1 heterocycles. The Labute approximate surface area is 155 Å². The van der Waals surface area contributed by atoms with E-state index < -0.39 is 18.0 Å². The van der Waals surface area contributed by atoms with Crippen molar-refractivity contribution >= 4 is 28.3 Å². The van der Waals surface area contributed by atoms with E-state index >= 15 is 0 Å². The van der Waals surface area contributed by atoms with Crippen molar-refractivity contribution in [3.63, 3.8) is 0 Å². The Morgan fingerprint density at radius 2 is 1.77 bits per heavy atom. The number of aryl methyl sites for hydroxylation is 1. The number of hydrogen-bond donors (Lipinski definition) is 1. The lowest BCUT2D eigenvalue weighted by molar-refractivity contribution is -0.123. The second-order valence-corrected chi connectivity index (χ2v) is 6.66. The number of nitrogens with zero attached hydrogens (tertiary/aromatic N) is 1. The molecule has 0 aliphatic rings. The van der Waals surface area contributed by atoms with Crippen molar-refractivity contribution in [3.8, 4) is 11.3 Å². The predicted octanol–water partition coefficient (Wildman–Crippen LogP) is 4.30. The minimum Gasteiger partial charge on any atom is -0.449 e. The maximum atomic E-state index is 12.3. The Morgan fingerprint density at radius 3 is 2.46 bits per heavy atom. The molecule has 3 aromatic rings. The van der Waals surface area contributed by atoms with Gasteiger partial charge in [0.25, 0.3) is 5.91 Å². The number of ether oxygens (including phenoxy) is 1. The van der Waals surface area contributed by atoms with Crippen LogP contribution in [0.15, 0.2) is 60.0 Å². The van der Waals surface area contributed by atoms with Gasteiger partial charge in [-0.05, 0) is 26.0 Å². The quantitative estimate of drug-likeness (QED) is 0.684. The smallest absolute Gasteiger partial charge is 0.338 e. The van der Waals surface area contributed by atoms with Gasteiger partial charge < -0.3 is 4.74 Å². The van der Waals surface area contributed by atoms with E-state index in [1.54, 1.807) is 12.1 Å². The lowest BCUT2D eigenvalue weighted by atomic mass is 10.1. The lowest BCUT2D eigenvalue weighted by Gasteiger charge is -2.12. The molecule has 1 aromatic heterocycles. The molecule has 132 valence electrons. The molecule has 1 atom stereocenters. The van der Waals surface area contributed by atoms with Crippen LogP contribution in [-0.2, 0) is 9.53 Å². The van der Waals surface area contributed by atoms with Crippen LogP contribution in [0.5, 0.6) is 0 Å². The summed E-state index contributed by atoms with van der Waals surface area (Å²) < 4.78 is 5.23. The zero-order chi connectivity index (χ0) is 18.5. The fourth-order valence-corrected chi connectivity index (χ4v) is 2.97. The number of anilines is 1. The van der Waals surface area contributed by atoms with Crippen LogP contribution in [0.4, 0.5) is 5.13 Å². The number of rotatable bonds is 5. The van der Waals surface area contributed by atoms with Crippen LogP contribution >= 0.6 is 11.3 Å². The third-order valence-corrected chi connectivity index (χ3v) is 4.50. The zero-order valence-electron chi connectivity index (χ0n) is 14.4. The van der Waals surface area contributed by atoms with Gasteiger partial charge in [-0.15, -0.1) is 11.3 Å². The van der Waals surface area contributed by atoms with Gasteiger partial charge in [0.15, 0.2) is 11.2 Å². The number of benzene rings is 2. The van der Waals surface area contributed by atoms with Gasteiger partial charge in [-0.1, -0.05) is 48.0 Å². The van der Waals surface area contributed by atoms with Crippen LogP contribution in [0.25, 0.3) is 11.3 Å². The van der Waals surface area contributed by atoms with Crippen molar-refractivity contribution in [2.45, 2.75) is 20.0 Å². The van der Waals surface area contributed by atoms with Gasteiger partial charge in [-0.25, -0.2) is 9.78 Å². The van der Waals surface area contributed by atoms with Crippen LogP contribution in [0.2, 0.25) is 0 Å². The van der Waals surface area contributed by atoms with Crippen LogP contribution in [-0.4, -0.2) is 23.0 Å². The summed E-state index contributed by atoms with van der Waals surface area (Å²) >= 11 is 1.32. The second kappa shape index (κ2) is 7.93. The molecule has 6 heteroatoms. The summed E-state index contributed by atoms with van der Waals surface area (Å²) in [6.45, 7) is 3.47. The number of thiazole rings is 1. The highest BCUT2D eigenvalue weighted by Crippen LogP contribution is 2.24. The Bertz CT molecular complexity index is 904. The Balaban J connectivity index is 1.60. The third-order valence-electron chi connectivity index (χ3n) is 3.74. The van der Waals surface area contributed by atoms with E-state index in [-0.39, 0.29) is 0 Å². The van der Waals surface area contributed by atoms with Gasteiger partial charge in [-0.2, -0.15) is 0 Å². The highest BCUT2D eigenvalue weighted by molar-refractivity contribution is 7.14. The van der Waals surface area contributed by atoms with E-state index in [1.807, 2.05) is 54.8 Å². The molecule has 0 unspecified atom stereocenters. The number of amides is 1. The van der Waals surface area contributed by atoms with E-state index in [9.17, 15) is 9.59 Å². The Hall–Kier alpha value is -2.99. The SMILES string of the molecule is Cc1ccc(C(=O)O[C@H](C)C(=O)Nc2nc(-c3ccccc3)cs2)cc1. The first kappa shape index (κ1) is 17.8. The molecule has 26 heavy (non-hydrogen) atoms. The number of nitrogens with one attached hydrogen (secondary N) is 1. The number of hydrogen-bond acceptors (Lipinski definition) is 5. The number of aromatic nitrogens is 1. The van der Waals surface area contributed by atoms with Crippen molar-refractivity contribution in [1.29, 1.82) is 0 Å². The van der Waals surface area contributed by atoms with Crippen LogP contribution in [0.3, 0.4) is 0 Å². The largest absolute Gasteiger partial charge is 0.449 e. The van der Waals surface area contributed by atoms with Gasteiger partial charge >= 0.3 is 5.97 Å². The van der Waals surface area contributed by atoms with E-state index in [0.29, 0.717) is 10.7 Å². The molecule has 0 radical (unpaired) electrons. The van der Waals surface area contributed by atoms with E-state index in [1.165, 1.54) is 18.3 Å². The standard InChI is InChI=1S/C20H18N2O3S/c1-13-8-10-16(11-9-13)19(24)25-14(2)18(23)22-20-21-17(12-26-20)15-6-4-3-5-7-15/h3-12,14H,1-2H3,(H,21,22,23)/t14-/m1/s1. The van der Waals surface area contributed by atoms with Crippen molar-refractivity contribution < 1.29 is 14.3 Å². The highest BCUT2D eigenvalue weighted by Gasteiger charge is 2.20. The molecule has 0 aliphatic carbocycles. The van der Waals surface area contributed by atoms with Crippen molar-refractivity contribution in [2.75, 3.05) is 5.32 Å². The summed E-state index contributed by atoms with van der Waals surface area (Å²) in [6, 6.07) is 16.7. The fourth-order valence-electron chi connectivity index (χ4n) is 2.25. The van der Waals surface area contributed by atoms with Gasteiger partial charge in [0, 0.05) is 10.9 Å². The molecule has 0 spiro atoms. The van der Waals surface area contributed by atoms with Crippen molar-refractivity contribution in [2.24, 2.45) is 0 Å². The predicted molar refractivity (Wildman–Crippen MR) is 102 cm³/mol. The normalized spacial score (nSPS) is 11.6. The monoisotopic (exact) mass is 366 g/mol. The summed E-state index contributed by atoms with van der Waals surface area (Å²) in [5.41, 5.74) is 3.22. The van der Waals surface area contributed by atoms with Gasteiger partial charge in [-0.3, -0.25) is 10.1 Å². The van der Waals surface area contributed by atoms with Crippen molar-refractivity contribution in [3.05, 3.63) is 71.1 Å². The molecule has 2 aromatic carbocycles. The minimum atomic E-state index is -0.923. The first-order valence-corrected chi connectivity index (χ1v) is 9.00. The maximum Gasteiger partial charge on any atom is 0.338 e. The molecule has 1 N–H and O–H groups in total. The van der Waals surface area contributed by atoms with Gasteiger partial charge in [0.2, 0.25) is 0 Å². The zero-order valence-corrected chi connectivity index (χ0v) is 15.2. The summed E-state index contributed by atoms with van der Waals surface area (Å²) in [5.74, 6) is -0.948. The molecule has 0 fully saturated rings. The van der Waals surface area contributed by atoms with Crippen molar-refractivity contribution in [1.82, 2.24) is 4.98 Å². The first-order chi connectivity index (χ1) is 12.5. The minimum absolute atomic E-state index is 0.413. The van der Waals surface area contributed by atoms with E-state index in [2.05, 4.69) is 10.3 Å². The lowest BCUT2D eigenvalue weighted by Crippen LogP contribution is -2.29. The molecule has 5 nitrogen and oxygen atoms in total. The fraction of sp³-hybridized carbons (Fsp3) is 0.150. The average molecular weight is 366 g/mol. The summed E-state index contributed by atoms with van der Waals surface area (Å²) in [6.07, 6.45) is -0.923. The van der Waals surface area contributed by atoms with Crippen LogP contribution in [0.1, 0.15) is 22.8 Å². The average Bonchev–Trinajstić information content (AvgIpc) is 3.11. The molecule has 0 aliphatic heterocycles. The Kier molecular flexibility index (Phi) is 5.43. The number of esters is 1. The third kappa shape index (κ3) is 4.34. The molecule has 1 amide bonds. The molecule has 0 saturated carbocycles. The molecular formula is C20H18N2O3S. The maximum absolute atomic E-state index is 12.3. The summed E-state index contributed by atoms with van der Waals surface area (Å²) in [5, 5.41) is 5.02. The van der Waals surface area contributed by atoms with Gasteiger partial charge in [0.05, 0.1) is 11.3 Å². The van der Waals surface area contributed by atoms with Crippen LogP contribution in [0, 0.1) is 6.92 Å². The topological polar surface area (TPSA) is 68.3 Å². The first-order valence-electron chi connectivity index (χ1n) is 8.12. The Morgan fingerprint density at radius 1 is 1.08 bits per heavy atom.